The Hall–Kier alpha value is -2.22. The van der Waals surface area contributed by atoms with Gasteiger partial charge in [-0.25, -0.2) is 0 Å². The summed E-state index contributed by atoms with van der Waals surface area (Å²) in [6, 6.07) is 19.6. The van der Waals surface area contributed by atoms with E-state index < -0.39 is 0 Å². The van der Waals surface area contributed by atoms with Crippen molar-refractivity contribution in [2.75, 3.05) is 6.54 Å². The molecule has 0 spiro atoms. The van der Waals surface area contributed by atoms with Crippen molar-refractivity contribution in [2.24, 2.45) is 0 Å². The molecule has 0 heterocycles. The number of hydrogen-bond donors (Lipinski definition) is 0. The van der Waals surface area contributed by atoms with E-state index in [1.54, 1.807) is 11.0 Å². The highest BCUT2D eigenvalue weighted by Crippen LogP contribution is 2.22. The Morgan fingerprint density at radius 2 is 1.71 bits per heavy atom. The molecule has 0 bridgehead atoms. The van der Waals surface area contributed by atoms with Crippen molar-refractivity contribution >= 4 is 17.0 Å². The van der Waals surface area contributed by atoms with E-state index in [-0.39, 0.29) is 5.24 Å². The van der Waals surface area contributed by atoms with E-state index in [1.807, 2.05) is 60.7 Å². The fourth-order valence-electron chi connectivity index (χ4n) is 1.84. The quantitative estimate of drug-likeness (QED) is 0.586. The number of carbonyl (C=O) groups is 1. The van der Waals surface area contributed by atoms with Gasteiger partial charge in [0.2, 0.25) is 0 Å². The van der Waals surface area contributed by atoms with Crippen molar-refractivity contribution in [1.29, 1.82) is 0 Å². The van der Waals surface area contributed by atoms with Crippen LogP contribution in [0, 0.1) is 0 Å². The van der Waals surface area contributed by atoms with E-state index in [2.05, 4.69) is 12.3 Å². The number of nitrogens with zero attached hydrogens (tertiary/aromatic N) is 1. The molecule has 0 aromatic heterocycles. The molecular weight excluding hydrogens is 278 g/mol. The van der Waals surface area contributed by atoms with Crippen LogP contribution < -0.4 is 0 Å². The Morgan fingerprint density at radius 3 is 2.33 bits per heavy atom. The molecule has 0 fully saturated rings. The van der Waals surface area contributed by atoms with Gasteiger partial charge in [0.1, 0.15) is 0 Å². The SMILES string of the molecule is C=C=CCN(Cc1ccccc1)C(=O)Sc1ccccc1. The van der Waals surface area contributed by atoms with Gasteiger partial charge in [-0.15, -0.1) is 5.73 Å². The van der Waals surface area contributed by atoms with Gasteiger partial charge in [-0.1, -0.05) is 55.1 Å². The lowest BCUT2D eigenvalue weighted by molar-refractivity contribution is 0.226. The molecule has 2 nitrogen and oxygen atoms in total. The number of thioether (sulfide) groups is 1. The molecule has 2 rings (SSSR count). The lowest BCUT2D eigenvalue weighted by Crippen LogP contribution is -2.27. The molecule has 106 valence electrons. The zero-order chi connectivity index (χ0) is 14.9. The minimum Gasteiger partial charge on any atom is -0.325 e. The van der Waals surface area contributed by atoms with Gasteiger partial charge in [-0.3, -0.25) is 4.79 Å². The highest BCUT2D eigenvalue weighted by Gasteiger charge is 2.14. The molecule has 0 aliphatic heterocycles. The van der Waals surface area contributed by atoms with Crippen LogP contribution >= 0.6 is 11.8 Å². The molecule has 3 heteroatoms. The van der Waals surface area contributed by atoms with Gasteiger partial charge >= 0.3 is 0 Å². The monoisotopic (exact) mass is 295 g/mol. The normalized spacial score (nSPS) is 9.71. The summed E-state index contributed by atoms with van der Waals surface area (Å²) in [5.41, 5.74) is 3.83. The average molecular weight is 295 g/mol. The maximum atomic E-state index is 12.4. The number of carbonyl (C=O) groups excluding carboxylic acids is 1. The van der Waals surface area contributed by atoms with Gasteiger partial charge < -0.3 is 4.90 Å². The standard InChI is InChI=1S/C18H17NOS/c1-2-3-14-19(15-16-10-6-4-7-11-16)18(20)21-17-12-8-5-9-13-17/h3-13H,1,14-15H2. The highest BCUT2D eigenvalue weighted by molar-refractivity contribution is 8.13. The predicted octanol–water partition coefficient (Wildman–Crippen LogP) is 4.74. The van der Waals surface area contributed by atoms with Crippen LogP contribution in [0.15, 0.2) is 83.9 Å². The van der Waals surface area contributed by atoms with Gasteiger partial charge in [0, 0.05) is 18.0 Å². The summed E-state index contributed by atoms with van der Waals surface area (Å²) >= 11 is 1.24. The first-order valence-electron chi connectivity index (χ1n) is 6.69. The third-order valence-corrected chi connectivity index (χ3v) is 3.82. The van der Waals surface area contributed by atoms with Crippen LogP contribution in [0.25, 0.3) is 0 Å². The lowest BCUT2D eigenvalue weighted by Gasteiger charge is -2.20. The number of benzene rings is 2. The van der Waals surface area contributed by atoms with E-state index in [1.165, 1.54) is 11.8 Å². The molecule has 0 radical (unpaired) electrons. The maximum Gasteiger partial charge on any atom is 0.287 e. The van der Waals surface area contributed by atoms with Crippen LogP contribution in [0.3, 0.4) is 0 Å². The molecule has 2 aromatic rings. The summed E-state index contributed by atoms with van der Waals surface area (Å²) in [7, 11) is 0. The van der Waals surface area contributed by atoms with Crippen LogP contribution in [0.5, 0.6) is 0 Å². The molecule has 21 heavy (non-hydrogen) atoms. The zero-order valence-corrected chi connectivity index (χ0v) is 12.6. The number of rotatable bonds is 5. The predicted molar refractivity (Wildman–Crippen MR) is 88.3 cm³/mol. The van der Waals surface area contributed by atoms with Gasteiger partial charge in [0.25, 0.3) is 5.24 Å². The summed E-state index contributed by atoms with van der Waals surface area (Å²) in [6.45, 7) is 4.65. The fourth-order valence-corrected chi connectivity index (χ4v) is 2.60. The summed E-state index contributed by atoms with van der Waals surface area (Å²) < 4.78 is 0. The lowest BCUT2D eigenvalue weighted by atomic mass is 10.2. The topological polar surface area (TPSA) is 20.3 Å². The average Bonchev–Trinajstić information content (AvgIpc) is 2.53. The molecule has 0 saturated carbocycles. The van der Waals surface area contributed by atoms with E-state index in [0.717, 1.165) is 10.5 Å². The van der Waals surface area contributed by atoms with Crippen LogP contribution in [0.1, 0.15) is 5.56 Å². The summed E-state index contributed by atoms with van der Waals surface area (Å²) in [5.74, 6) is 0. The third-order valence-electron chi connectivity index (χ3n) is 2.88. The van der Waals surface area contributed by atoms with Gasteiger partial charge in [-0.2, -0.15) is 0 Å². The molecule has 1 amide bonds. The van der Waals surface area contributed by atoms with Gasteiger partial charge in [0.05, 0.1) is 0 Å². The highest BCUT2D eigenvalue weighted by atomic mass is 32.2. The van der Waals surface area contributed by atoms with Crippen molar-refractivity contribution in [3.63, 3.8) is 0 Å². The van der Waals surface area contributed by atoms with Crippen LogP contribution in [0.2, 0.25) is 0 Å². The second-order valence-corrected chi connectivity index (χ2v) is 5.48. The number of amides is 1. The van der Waals surface area contributed by atoms with Crippen molar-refractivity contribution < 1.29 is 4.79 Å². The Bertz CT molecular complexity index is 618. The number of hydrogen-bond acceptors (Lipinski definition) is 2. The second-order valence-electron chi connectivity index (χ2n) is 4.46. The Balaban J connectivity index is 2.07. The molecule has 0 unspecified atom stereocenters. The molecule has 0 saturated heterocycles. The minimum absolute atomic E-state index is 0.0246. The summed E-state index contributed by atoms with van der Waals surface area (Å²) in [6.07, 6.45) is 1.77. The Morgan fingerprint density at radius 1 is 1.10 bits per heavy atom. The molecule has 2 aromatic carbocycles. The van der Waals surface area contributed by atoms with E-state index in [9.17, 15) is 4.79 Å². The van der Waals surface area contributed by atoms with Crippen molar-refractivity contribution in [1.82, 2.24) is 4.90 Å². The van der Waals surface area contributed by atoms with Crippen molar-refractivity contribution in [3.8, 4) is 0 Å². The minimum atomic E-state index is 0.0246. The van der Waals surface area contributed by atoms with Crippen LogP contribution in [0.4, 0.5) is 4.79 Å². The molecule has 0 aliphatic rings. The first kappa shape index (κ1) is 15.2. The van der Waals surface area contributed by atoms with Crippen molar-refractivity contribution in [3.05, 3.63) is 84.6 Å². The van der Waals surface area contributed by atoms with Gasteiger partial charge in [-0.05, 0) is 35.5 Å². The van der Waals surface area contributed by atoms with Crippen LogP contribution in [-0.2, 0) is 6.54 Å². The summed E-state index contributed by atoms with van der Waals surface area (Å²) in [5, 5.41) is 0.0246. The zero-order valence-electron chi connectivity index (χ0n) is 11.7. The first-order valence-corrected chi connectivity index (χ1v) is 7.51. The fraction of sp³-hybridized carbons (Fsp3) is 0.111. The largest absolute Gasteiger partial charge is 0.325 e. The van der Waals surface area contributed by atoms with E-state index in [0.29, 0.717) is 13.1 Å². The maximum absolute atomic E-state index is 12.4. The molecule has 0 atom stereocenters. The molecular formula is C18H17NOS. The third kappa shape index (κ3) is 4.99. The first-order chi connectivity index (χ1) is 10.3. The smallest absolute Gasteiger partial charge is 0.287 e. The molecule has 0 aliphatic carbocycles. The van der Waals surface area contributed by atoms with Crippen molar-refractivity contribution in [2.45, 2.75) is 11.4 Å². The van der Waals surface area contributed by atoms with Crippen LogP contribution in [-0.4, -0.2) is 16.7 Å². The summed E-state index contributed by atoms with van der Waals surface area (Å²) in [4.78, 5) is 15.2. The van der Waals surface area contributed by atoms with Gasteiger partial charge in [0.15, 0.2) is 0 Å². The Kier molecular flexibility index (Phi) is 5.89. The van der Waals surface area contributed by atoms with E-state index in [4.69, 9.17) is 0 Å². The molecule has 0 N–H and O–H groups in total. The van der Waals surface area contributed by atoms with E-state index >= 15 is 0 Å². The second kappa shape index (κ2) is 8.15. The Labute approximate surface area is 129 Å².